The summed E-state index contributed by atoms with van der Waals surface area (Å²) in [6, 6.07) is 69.8. The lowest BCUT2D eigenvalue weighted by Gasteiger charge is -2.15. The number of aromatic nitrogens is 6. The van der Waals surface area contributed by atoms with Gasteiger partial charge in [0.2, 0.25) is 34.2 Å². The van der Waals surface area contributed by atoms with E-state index in [1.807, 2.05) is 84.3 Å². The number of rotatable bonds is 11. The molecule has 0 saturated heterocycles. The van der Waals surface area contributed by atoms with Crippen LogP contribution in [0.2, 0.25) is 0 Å². The Kier molecular flexibility index (Phi) is 20.5. The van der Waals surface area contributed by atoms with Gasteiger partial charge in [-0.1, -0.05) is 103 Å². The Balaban J connectivity index is 0.000000145. The molecule has 0 unspecified atom stereocenters. The molecule has 0 aliphatic rings. The number of aryl methyl sites for hydroxylation is 2. The van der Waals surface area contributed by atoms with E-state index < -0.39 is 29.1 Å². The Hall–Kier alpha value is -12.0. The third kappa shape index (κ3) is 14.8. The fraction of sp³-hybridized carbons (Fsp3) is 0.103. The quantitative estimate of drug-likeness (QED) is 0.0958. The highest BCUT2D eigenvalue weighted by atomic mass is 19.2. The lowest BCUT2D eigenvalue weighted by Crippen LogP contribution is -2.37. The molecule has 0 fully saturated rings. The van der Waals surface area contributed by atoms with Crippen molar-refractivity contribution in [2.24, 2.45) is 21.1 Å². The van der Waals surface area contributed by atoms with Crippen LogP contribution in [-0.2, 0) is 21.1 Å². The van der Waals surface area contributed by atoms with Crippen molar-refractivity contribution in [1.82, 2.24) is 15.0 Å². The second-order valence-corrected chi connectivity index (χ2v) is 25.0. The molecule has 15 heteroatoms. The van der Waals surface area contributed by atoms with Gasteiger partial charge in [-0.25, -0.2) is 54.5 Å². The van der Waals surface area contributed by atoms with E-state index in [9.17, 15) is 39.5 Å². The van der Waals surface area contributed by atoms with Crippen molar-refractivity contribution < 1.29 is 53.2 Å². The van der Waals surface area contributed by atoms with Gasteiger partial charge in [0.05, 0.1) is 16.7 Å². The van der Waals surface area contributed by atoms with Crippen LogP contribution in [0.1, 0.15) is 33.8 Å². The summed E-state index contributed by atoms with van der Waals surface area (Å²) in [4.78, 5) is 14.9. The van der Waals surface area contributed by atoms with Crippen LogP contribution in [-0.4, -0.2) is 15.0 Å². The van der Waals surface area contributed by atoms with Gasteiger partial charge >= 0.3 is 0 Å². The molecule has 0 atom stereocenters. The molecule has 6 nitrogen and oxygen atoms in total. The maximum atomic E-state index is 14.4. The summed E-state index contributed by atoms with van der Waals surface area (Å²) < 4.78 is 131. The standard InChI is InChI=1S/2C31H25F2N2.C25H18F5N2/c1-20-18-27(33)16-17-28(20)31-30(23-12-14-26(32)15-13-23)34-29(21(2)35(31)3)25-11-7-10-24(19-25)22-8-5-4-6-9-22;1-20-19-27(33)17-18-28(20)31-30(25-13-15-26(32)16-14-25)34-29(21(2)35(31)3)24-11-9-23(10-12-24)22-7-5-4-6-8-22;1-13-21(11-20(29)12-22(13)30)25-24(16-8-18(27)10-19(28)9-16)31-23(14(2)32(25)3)15-4-6-17(26)7-5-15/h2*4-19H,1-3H3;4-12H,1-3H3/q3*+1. The number of benzene rings is 11. The lowest BCUT2D eigenvalue weighted by molar-refractivity contribution is -0.666. The van der Waals surface area contributed by atoms with Gasteiger partial charge in [-0.15, -0.1) is 0 Å². The molecule has 0 N–H and O–H groups in total. The predicted molar refractivity (Wildman–Crippen MR) is 384 cm³/mol. The number of halogens is 9. The van der Waals surface area contributed by atoms with E-state index in [4.69, 9.17) is 9.97 Å². The third-order valence-corrected chi connectivity index (χ3v) is 18.3. The molecular weight excluding hydrogens is 1300 g/mol. The highest BCUT2D eigenvalue weighted by Crippen LogP contribution is 2.39. The summed E-state index contributed by atoms with van der Waals surface area (Å²) >= 11 is 0. The molecule has 11 aromatic carbocycles. The average Bonchev–Trinajstić information content (AvgIpc) is 0.764. The normalized spacial score (nSPS) is 11.0. The fourth-order valence-corrected chi connectivity index (χ4v) is 12.7. The molecule has 0 spiro atoms. The predicted octanol–water partition coefficient (Wildman–Crippen LogP) is 21.2. The van der Waals surface area contributed by atoms with Crippen molar-refractivity contribution in [3.63, 3.8) is 0 Å². The van der Waals surface area contributed by atoms with E-state index in [-0.39, 0.29) is 51.3 Å². The summed E-state index contributed by atoms with van der Waals surface area (Å²) in [6.07, 6.45) is 0. The Labute approximate surface area is 586 Å². The van der Waals surface area contributed by atoms with Crippen LogP contribution >= 0.6 is 0 Å². The smallest absolute Gasteiger partial charge is 0.234 e. The maximum absolute atomic E-state index is 14.4. The van der Waals surface area contributed by atoms with Crippen LogP contribution in [0.3, 0.4) is 0 Å². The van der Waals surface area contributed by atoms with Gasteiger partial charge in [0.1, 0.15) is 108 Å². The lowest BCUT2D eigenvalue weighted by atomic mass is 9.97. The summed E-state index contributed by atoms with van der Waals surface area (Å²) in [5, 5.41) is 0. The topological polar surface area (TPSA) is 50.3 Å². The molecule has 102 heavy (non-hydrogen) atoms. The second-order valence-electron chi connectivity index (χ2n) is 25.0. The molecule has 0 saturated carbocycles. The van der Waals surface area contributed by atoms with Crippen molar-refractivity contribution in [3.05, 3.63) is 335 Å². The van der Waals surface area contributed by atoms with Gasteiger partial charge in [0.25, 0.3) is 0 Å². The van der Waals surface area contributed by atoms with E-state index in [1.54, 1.807) is 54.9 Å². The summed E-state index contributed by atoms with van der Waals surface area (Å²) in [6.45, 7) is 11.1. The first-order valence-corrected chi connectivity index (χ1v) is 32.8. The molecule has 14 rings (SSSR count). The van der Waals surface area contributed by atoms with E-state index in [2.05, 4.69) is 80.8 Å². The minimum atomic E-state index is -0.818. The molecule has 3 heterocycles. The third-order valence-electron chi connectivity index (χ3n) is 18.3. The molecule has 0 aliphatic heterocycles. The van der Waals surface area contributed by atoms with Crippen LogP contribution in [0.25, 0.3) is 124 Å². The zero-order valence-corrected chi connectivity index (χ0v) is 57.3. The summed E-state index contributed by atoms with van der Waals surface area (Å²) in [5.74, 6) is -4.78. The summed E-state index contributed by atoms with van der Waals surface area (Å²) in [7, 11) is 5.65. The average molecular weight is 1370 g/mol. The fourth-order valence-electron chi connectivity index (χ4n) is 12.7. The Morgan fingerprint density at radius 2 is 0.539 bits per heavy atom. The first kappa shape index (κ1) is 69.9. The maximum Gasteiger partial charge on any atom is 0.239 e. The molecule has 0 amide bonds. The first-order valence-electron chi connectivity index (χ1n) is 32.8. The minimum absolute atomic E-state index is 0.0977. The van der Waals surface area contributed by atoms with Crippen LogP contribution in [0.15, 0.2) is 249 Å². The van der Waals surface area contributed by atoms with Crippen LogP contribution in [0.4, 0.5) is 39.5 Å². The van der Waals surface area contributed by atoms with Gasteiger partial charge in [-0.3, -0.25) is 0 Å². The Morgan fingerprint density at radius 1 is 0.225 bits per heavy atom. The highest BCUT2D eigenvalue weighted by Gasteiger charge is 2.32. The van der Waals surface area contributed by atoms with E-state index in [1.165, 1.54) is 79.7 Å². The monoisotopic (exact) mass is 1370 g/mol. The zero-order chi connectivity index (χ0) is 72.2. The number of hydrogen-bond donors (Lipinski definition) is 0. The van der Waals surface area contributed by atoms with Crippen molar-refractivity contribution in [2.45, 2.75) is 41.5 Å². The number of hydrogen-bond acceptors (Lipinski definition) is 3. The van der Waals surface area contributed by atoms with Gasteiger partial charge in [0, 0.05) is 66.3 Å². The van der Waals surface area contributed by atoms with Gasteiger partial charge in [0.15, 0.2) is 0 Å². The molecular formula is C87H68F9N6+3. The largest absolute Gasteiger partial charge is 0.239 e. The molecule has 3 aromatic heterocycles. The minimum Gasteiger partial charge on any atom is -0.234 e. The van der Waals surface area contributed by atoms with Crippen LogP contribution < -0.4 is 13.7 Å². The van der Waals surface area contributed by atoms with Crippen molar-refractivity contribution in [3.8, 4) is 124 Å². The van der Waals surface area contributed by atoms with Crippen LogP contribution in [0, 0.1) is 93.9 Å². The van der Waals surface area contributed by atoms with E-state index in [0.29, 0.717) is 22.6 Å². The Bertz CT molecular complexity index is 5440. The number of nitrogens with zero attached hydrogens (tertiary/aromatic N) is 6. The van der Waals surface area contributed by atoms with Gasteiger partial charge in [-0.2, -0.15) is 13.7 Å². The molecule has 14 aromatic rings. The first-order chi connectivity index (χ1) is 49.0. The Morgan fingerprint density at radius 3 is 0.961 bits per heavy atom. The molecule has 0 radical (unpaired) electrons. The molecule has 0 aliphatic carbocycles. The highest BCUT2D eigenvalue weighted by molar-refractivity contribution is 5.84. The van der Waals surface area contributed by atoms with Gasteiger partial charge in [-0.05, 0) is 193 Å². The van der Waals surface area contributed by atoms with Crippen LogP contribution in [0.5, 0.6) is 0 Å². The van der Waals surface area contributed by atoms with Gasteiger partial charge < -0.3 is 0 Å². The van der Waals surface area contributed by atoms with Crippen molar-refractivity contribution in [1.29, 1.82) is 0 Å². The molecule has 506 valence electrons. The zero-order valence-electron chi connectivity index (χ0n) is 57.3. The molecule has 0 bridgehead atoms. The summed E-state index contributed by atoms with van der Waals surface area (Å²) in [5.41, 5.74) is 20.8. The van der Waals surface area contributed by atoms with Crippen molar-refractivity contribution >= 4 is 0 Å². The van der Waals surface area contributed by atoms with E-state index in [0.717, 1.165) is 137 Å². The van der Waals surface area contributed by atoms with E-state index >= 15 is 0 Å². The SMILES string of the molecule is Cc1c(F)cc(F)cc1-c1c(-c2cc(F)cc(F)c2)nc(-c2ccc(F)cc2)c(C)[n+]1C.Cc1cc(F)ccc1-c1c(-c2ccc(F)cc2)nc(-c2ccc(-c3ccccc3)cc2)c(C)[n+]1C.Cc1cc(F)ccc1-c1c(-c2ccc(F)cc2)nc(-c2cccc(-c3ccccc3)c2)c(C)[n+]1C. The van der Waals surface area contributed by atoms with Crippen molar-refractivity contribution in [2.75, 3.05) is 0 Å². The second kappa shape index (κ2) is 29.8.